The van der Waals surface area contributed by atoms with E-state index in [0.717, 1.165) is 24.3 Å². The van der Waals surface area contributed by atoms with Gasteiger partial charge in [0.05, 0.1) is 5.69 Å². The number of hydrogen-bond donors (Lipinski definition) is 1. The summed E-state index contributed by atoms with van der Waals surface area (Å²) in [7, 11) is 0. The van der Waals surface area contributed by atoms with Gasteiger partial charge in [-0.05, 0) is 24.3 Å². The fraction of sp³-hybridized carbons (Fsp3) is 0.0909. The van der Waals surface area contributed by atoms with Crippen molar-refractivity contribution in [2.75, 3.05) is 0 Å². The number of carbonyl (C=O) groups is 1. The first-order chi connectivity index (χ1) is 9.21. The predicted molar refractivity (Wildman–Crippen MR) is 60.5 cm³/mol. The first kappa shape index (κ1) is 14.3. The van der Waals surface area contributed by atoms with Crippen molar-refractivity contribution in [3.63, 3.8) is 0 Å². The smallest absolute Gasteiger partial charge is 0.436 e. The molecule has 0 spiro atoms. The second-order valence-electron chi connectivity index (χ2n) is 3.71. The van der Waals surface area contributed by atoms with Gasteiger partial charge in [-0.2, -0.15) is 18.3 Å². The molecule has 0 aliphatic rings. The molecule has 0 amide bonds. The van der Waals surface area contributed by atoms with Gasteiger partial charge in [0.15, 0.2) is 5.69 Å². The van der Waals surface area contributed by atoms with E-state index >= 15 is 0 Å². The van der Waals surface area contributed by atoms with Crippen molar-refractivity contribution >= 4 is 17.6 Å². The summed E-state index contributed by atoms with van der Waals surface area (Å²) in [5.41, 5.74) is -2.75. The van der Waals surface area contributed by atoms with Crippen LogP contribution in [-0.4, -0.2) is 20.9 Å². The Morgan fingerprint density at radius 2 is 1.80 bits per heavy atom. The fourth-order valence-electron chi connectivity index (χ4n) is 1.54. The standard InChI is InChI=1S/C11H5ClF4N2O2/c12-9-7(10(19)20)8(11(14,15)16)17-18(9)6-3-1-5(13)2-4-6/h1-4H,(H,19,20). The van der Waals surface area contributed by atoms with Gasteiger partial charge in [-0.1, -0.05) is 11.6 Å². The van der Waals surface area contributed by atoms with E-state index in [-0.39, 0.29) is 5.69 Å². The van der Waals surface area contributed by atoms with Crippen LogP contribution in [0.5, 0.6) is 0 Å². The minimum Gasteiger partial charge on any atom is -0.478 e. The number of nitrogens with zero attached hydrogens (tertiary/aromatic N) is 2. The van der Waals surface area contributed by atoms with Gasteiger partial charge < -0.3 is 5.11 Å². The zero-order valence-corrected chi connectivity index (χ0v) is 10.2. The van der Waals surface area contributed by atoms with Gasteiger partial charge >= 0.3 is 12.1 Å². The molecule has 0 fully saturated rings. The van der Waals surface area contributed by atoms with Gasteiger partial charge in [0.1, 0.15) is 16.5 Å². The number of aromatic carboxylic acids is 1. The molecule has 0 saturated heterocycles. The Hall–Kier alpha value is -2.09. The lowest BCUT2D eigenvalue weighted by molar-refractivity contribution is -0.141. The molecule has 1 aromatic heterocycles. The van der Waals surface area contributed by atoms with Crippen LogP contribution in [0.1, 0.15) is 16.1 Å². The van der Waals surface area contributed by atoms with Gasteiger partial charge in [-0.15, -0.1) is 0 Å². The average Bonchev–Trinajstić information content (AvgIpc) is 2.68. The van der Waals surface area contributed by atoms with Crippen molar-refractivity contribution in [2.45, 2.75) is 6.18 Å². The highest BCUT2D eigenvalue weighted by molar-refractivity contribution is 6.33. The zero-order valence-electron chi connectivity index (χ0n) is 9.45. The van der Waals surface area contributed by atoms with Crippen molar-refractivity contribution in [1.82, 2.24) is 9.78 Å². The van der Waals surface area contributed by atoms with Crippen molar-refractivity contribution in [3.8, 4) is 5.69 Å². The van der Waals surface area contributed by atoms with Crippen LogP contribution in [-0.2, 0) is 6.18 Å². The van der Waals surface area contributed by atoms with Gasteiger partial charge in [-0.3, -0.25) is 0 Å². The third kappa shape index (κ3) is 2.46. The Labute approximate surface area is 114 Å². The maximum Gasteiger partial charge on any atom is 0.436 e. The summed E-state index contributed by atoms with van der Waals surface area (Å²) >= 11 is 5.63. The van der Waals surface area contributed by atoms with Gasteiger partial charge in [-0.25, -0.2) is 13.9 Å². The van der Waals surface area contributed by atoms with Gasteiger partial charge in [0.2, 0.25) is 0 Å². The maximum atomic E-state index is 12.8. The van der Waals surface area contributed by atoms with Gasteiger partial charge in [0, 0.05) is 0 Å². The molecular weight excluding hydrogens is 304 g/mol. The van der Waals surface area contributed by atoms with Crippen molar-refractivity contribution in [3.05, 3.63) is 46.5 Å². The van der Waals surface area contributed by atoms with Crippen molar-refractivity contribution < 1.29 is 27.5 Å². The molecule has 1 aromatic carbocycles. The Kier molecular flexibility index (Phi) is 3.43. The largest absolute Gasteiger partial charge is 0.478 e. The summed E-state index contributed by atoms with van der Waals surface area (Å²) in [5, 5.41) is 11.3. The lowest BCUT2D eigenvalue weighted by atomic mass is 10.2. The summed E-state index contributed by atoms with van der Waals surface area (Å²) < 4.78 is 51.5. The quantitative estimate of drug-likeness (QED) is 0.865. The second kappa shape index (κ2) is 4.78. The number of hydrogen-bond acceptors (Lipinski definition) is 2. The van der Waals surface area contributed by atoms with Crippen LogP contribution in [0.4, 0.5) is 17.6 Å². The van der Waals surface area contributed by atoms with E-state index in [4.69, 9.17) is 16.7 Å². The molecular formula is C11H5ClF4N2O2. The zero-order chi connectivity index (χ0) is 15.1. The minimum absolute atomic E-state index is 0.00870. The number of carboxylic acids is 1. The molecule has 4 nitrogen and oxygen atoms in total. The van der Waals surface area contributed by atoms with Crippen LogP contribution in [0.15, 0.2) is 24.3 Å². The maximum absolute atomic E-state index is 12.8. The normalized spacial score (nSPS) is 11.7. The van der Waals surface area contributed by atoms with Crippen LogP contribution in [0.25, 0.3) is 5.69 Å². The molecule has 0 radical (unpaired) electrons. The average molecular weight is 309 g/mol. The predicted octanol–water partition coefficient (Wildman–Crippen LogP) is 3.38. The Morgan fingerprint density at radius 1 is 1.25 bits per heavy atom. The van der Waals surface area contributed by atoms with E-state index in [9.17, 15) is 22.4 Å². The highest BCUT2D eigenvalue weighted by atomic mass is 35.5. The molecule has 0 atom stereocenters. The van der Waals surface area contributed by atoms with Crippen LogP contribution in [0, 0.1) is 5.82 Å². The number of carboxylic acid groups (broad SMARTS) is 1. The second-order valence-corrected chi connectivity index (χ2v) is 4.06. The van der Waals surface area contributed by atoms with Crippen LogP contribution >= 0.6 is 11.6 Å². The SMILES string of the molecule is O=C(O)c1c(C(F)(F)F)nn(-c2ccc(F)cc2)c1Cl. The summed E-state index contributed by atoms with van der Waals surface area (Å²) in [5.74, 6) is -2.46. The van der Waals surface area contributed by atoms with E-state index in [2.05, 4.69) is 5.10 Å². The number of rotatable bonds is 2. The summed E-state index contributed by atoms with van der Waals surface area (Å²) in [4.78, 5) is 10.9. The molecule has 2 aromatic rings. The van der Waals surface area contributed by atoms with E-state index in [1.165, 1.54) is 0 Å². The molecule has 106 valence electrons. The number of aromatic nitrogens is 2. The third-order valence-corrected chi connectivity index (χ3v) is 2.73. The Bertz CT molecular complexity index is 664. The van der Waals surface area contributed by atoms with Crippen LogP contribution in [0.2, 0.25) is 5.15 Å². The molecule has 0 unspecified atom stereocenters. The highest BCUT2D eigenvalue weighted by Crippen LogP contribution is 2.35. The third-order valence-electron chi connectivity index (χ3n) is 2.38. The van der Waals surface area contributed by atoms with E-state index in [0.29, 0.717) is 4.68 Å². The molecule has 1 N–H and O–H groups in total. The molecule has 0 aliphatic carbocycles. The monoisotopic (exact) mass is 308 g/mol. The first-order valence-corrected chi connectivity index (χ1v) is 5.44. The molecule has 2 rings (SSSR count). The summed E-state index contributed by atoms with van der Waals surface area (Å²) in [6, 6.07) is 4.22. The van der Waals surface area contributed by atoms with Crippen LogP contribution < -0.4 is 0 Å². The van der Waals surface area contributed by atoms with Crippen molar-refractivity contribution in [2.24, 2.45) is 0 Å². The fourth-order valence-corrected chi connectivity index (χ4v) is 1.84. The molecule has 9 heteroatoms. The molecule has 1 heterocycles. The lowest BCUT2D eigenvalue weighted by Gasteiger charge is -2.03. The highest BCUT2D eigenvalue weighted by Gasteiger charge is 2.41. The Morgan fingerprint density at radius 3 is 2.20 bits per heavy atom. The van der Waals surface area contributed by atoms with Crippen LogP contribution in [0.3, 0.4) is 0 Å². The number of benzene rings is 1. The first-order valence-electron chi connectivity index (χ1n) is 5.06. The van der Waals surface area contributed by atoms with Gasteiger partial charge in [0.25, 0.3) is 0 Å². The molecule has 0 aliphatic heterocycles. The lowest BCUT2D eigenvalue weighted by Crippen LogP contribution is -2.12. The minimum atomic E-state index is -4.97. The molecule has 20 heavy (non-hydrogen) atoms. The van der Waals surface area contributed by atoms with E-state index in [1.807, 2.05) is 0 Å². The summed E-state index contributed by atoms with van der Waals surface area (Å²) in [6.07, 6.45) is -4.97. The molecule has 0 saturated carbocycles. The van der Waals surface area contributed by atoms with Crippen molar-refractivity contribution in [1.29, 1.82) is 0 Å². The number of halogens is 5. The summed E-state index contributed by atoms with van der Waals surface area (Å²) in [6.45, 7) is 0. The van der Waals surface area contributed by atoms with E-state index in [1.54, 1.807) is 0 Å². The number of alkyl halides is 3. The molecule has 0 bridgehead atoms. The Balaban J connectivity index is 2.67. The topological polar surface area (TPSA) is 55.1 Å². The van der Waals surface area contributed by atoms with E-state index < -0.39 is 34.4 Å².